The van der Waals surface area contributed by atoms with E-state index in [1.165, 1.54) is 43.4 Å². The van der Waals surface area contributed by atoms with Crippen molar-refractivity contribution in [1.82, 2.24) is 19.9 Å². The van der Waals surface area contributed by atoms with Gasteiger partial charge >= 0.3 is 0 Å². The molecule has 4 rings (SSSR count). The molecule has 0 saturated heterocycles. The fourth-order valence-corrected chi connectivity index (χ4v) is 4.30. The van der Waals surface area contributed by atoms with E-state index in [9.17, 15) is 10.2 Å². The molecule has 0 atom stereocenters. The van der Waals surface area contributed by atoms with Gasteiger partial charge in [-0.25, -0.2) is 9.97 Å². The Morgan fingerprint density at radius 3 is 2.74 bits per heavy atom. The summed E-state index contributed by atoms with van der Waals surface area (Å²) in [4.78, 5) is 16.0. The van der Waals surface area contributed by atoms with Gasteiger partial charge in [0.2, 0.25) is 0 Å². The maximum Gasteiger partial charge on any atom is 0.141 e. The van der Waals surface area contributed by atoms with Crippen LogP contribution in [0.4, 0.5) is 0 Å². The van der Waals surface area contributed by atoms with E-state index in [0.29, 0.717) is 23.7 Å². The van der Waals surface area contributed by atoms with Gasteiger partial charge in [0.25, 0.3) is 0 Å². The summed E-state index contributed by atoms with van der Waals surface area (Å²) in [5, 5.41) is 20.0. The molecule has 6 heteroatoms. The largest absolute Gasteiger partial charge is 0.506 e. The smallest absolute Gasteiger partial charge is 0.141 e. The van der Waals surface area contributed by atoms with E-state index in [1.807, 2.05) is 6.20 Å². The zero-order valence-corrected chi connectivity index (χ0v) is 16.0. The van der Waals surface area contributed by atoms with Crippen LogP contribution in [0.2, 0.25) is 0 Å². The molecular formula is C21H28N4O2. The summed E-state index contributed by atoms with van der Waals surface area (Å²) < 4.78 is 0. The van der Waals surface area contributed by atoms with Crippen LogP contribution in [-0.2, 0) is 26.1 Å². The van der Waals surface area contributed by atoms with Gasteiger partial charge in [0, 0.05) is 66.8 Å². The SMILES string of the molecule is Cc1ncc(CO)c(CN2CCc3nc(C4CCCCC4)ncc3C2)c1O. The lowest BCUT2D eigenvalue weighted by molar-refractivity contribution is 0.232. The molecule has 144 valence electrons. The molecule has 1 aliphatic carbocycles. The third-order valence-electron chi connectivity index (χ3n) is 5.98. The first-order chi connectivity index (χ1) is 13.2. The molecule has 0 spiro atoms. The van der Waals surface area contributed by atoms with Gasteiger partial charge in [-0.15, -0.1) is 0 Å². The molecule has 0 unspecified atom stereocenters. The maximum atomic E-state index is 10.4. The van der Waals surface area contributed by atoms with E-state index in [2.05, 4.69) is 14.9 Å². The quantitative estimate of drug-likeness (QED) is 0.863. The molecule has 1 saturated carbocycles. The van der Waals surface area contributed by atoms with Gasteiger partial charge in [0.05, 0.1) is 12.3 Å². The Labute approximate surface area is 160 Å². The average Bonchev–Trinajstić information content (AvgIpc) is 2.72. The number of aromatic nitrogens is 3. The fraction of sp³-hybridized carbons (Fsp3) is 0.571. The number of fused-ring (bicyclic) bond motifs is 1. The minimum Gasteiger partial charge on any atom is -0.506 e. The van der Waals surface area contributed by atoms with Crippen LogP contribution in [0.5, 0.6) is 5.75 Å². The summed E-state index contributed by atoms with van der Waals surface area (Å²) in [5.41, 5.74) is 4.41. The molecule has 1 fully saturated rings. The van der Waals surface area contributed by atoms with Crippen molar-refractivity contribution < 1.29 is 10.2 Å². The van der Waals surface area contributed by atoms with Crippen LogP contribution in [0.1, 0.15) is 71.9 Å². The van der Waals surface area contributed by atoms with Crippen molar-refractivity contribution in [2.75, 3.05) is 6.54 Å². The van der Waals surface area contributed by atoms with Crippen molar-refractivity contribution in [2.24, 2.45) is 0 Å². The van der Waals surface area contributed by atoms with Gasteiger partial charge in [-0.1, -0.05) is 19.3 Å². The molecule has 2 aromatic rings. The van der Waals surface area contributed by atoms with E-state index in [0.717, 1.165) is 30.9 Å². The average molecular weight is 368 g/mol. The maximum absolute atomic E-state index is 10.4. The van der Waals surface area contributed by atoms with Crippen LogP contribution < -0.4 is 0 Å². The number of pyridine rings is 1. The molecule has 2 aromatic heterocycles. The normalized spacial score (nSPS) is 18.4. The molecule has 27 heavy (non-hydrogen) atoms. The van der Waals surface area contributed by atoms with Crippen LogP contribution in [0.15, 0.2) is 12.4 Å². The zero-order chi connectivity index (χ0) is 18.8. The summed E-state index contributed by atoms with van der Waals surface area (Å²) in [7, 11) is 0. The summed E-state index contributed by atoms with van der Waals surface area (Å²) in [6.45, 7) is 3.92. The highest BCUT2D eigenvalue weighted by atomic mass is 16.3. The van der Waals surface area contributed by atoms with Gasteiger partial charge in [0.1, 0.15) is 11.6 Å². The Bertz CT molecular complexity index is 818. The Morgan fingerprint density at radius 1 is 1.15 bits per heavy atom. The highest BCUT2D eigenvalue weighted by molar-refractivity contribution is 5.40. The molecule has 0 amide bonds. The molecule has 1 aliphatic heterocycles. The third-order valence-corrected chi connectivity index (χ3v) is 5.98. The first-order valence-corrected chi connectivity index (χ1v) is 10.00. The van der Waals surface area contributed by atoms with Crippen LogP contribution in [-0.4, -0.2) is 36.6 Å². The van der Waals surface area contributed by atoms with Crippen molar-refractivity contribution in [3.63, 3.8) is 0 Å². The summed E-state index contributed by atoms with van der Waals surface area (Å²) in [6.07, 6.45) is 10.9. The predicted molar refractivity (Wildman–Crippen MR) is 102 cm³/mol. The van der Waals surface area contributed by atoms with Crippen LogP contribution in [0.3, 0.4) is 0 Å². The second-order valence-corrected chi connectivity index (χ2v) is 7.85. The van der Waals surface area contributed by atoms with Crippen molar-refractivity contribution in [2.45, 2.75) is 71.1 Å². The summed E-state index contributed by atoms with van der Waals surface area (Å²) in [6, 6.07) is 0. The standard InChI is InChI=1S/C21H28N4O2/c1-14-20(27)18(17(13-26)10-22-14)12-25-8-7-19-16(11-25)9-23-21(24-19)15-5-3-2-4-6-15/h9-10,15,26-27H,2-8,11-13H2,1H3. The number of aryl methyl sites for hydroxylation is 1. The van der Waals surface area contributed by atoms with Crippen LogP contribution >= 0.6 is 0 Å². The van der Waals surface area contributed by atoms with Crippen molar-refractivity contribution in [1.29, 1.82) is 0 Å². The molecule has 2 aliphatic rings. The second kappa shape index (κ2) is 7.90. The number of aromatic hydroxyl groups is 1. The lowest BCUT2D eigenvalue weighted by atomic mass is 9.88. The van der Waals surface area contributed by atoms with Crippen LogP contribution in [0, 0.1) is 6.92 Å². The topological polar surface area (TPSA) is 82.4 Å². The second-order valence-electron chi connectivity index (χ2n) is 7.85. The molecule has 6 nitrogen and oxygen atoms in total. The van der Waals surface area contributed by atoms with Gasteiger partial charge in [-0.05, 0) is 19.8 Å². The number of rotatable bonds is 4. The van der Waals surface area contributed by atoms with E-state index in [-0.39, 0.29) is 12.4 Å². The molecule has 0 bridgehead atoms. The number of aliphatic hydroxyl groups is 1. The minimum absolute atomic E-state index is 0.117. The van der Waals surface area contributed by atoms with Gasteiger partial charge < -0.3 is 10.2 Å². The highest BCUT2D eigenvalue weighted by Crippen LogP contribution is 2.32. The molecule has 0 radical (unpaired) electrons. The molecular weight excluding hydrogens is 340 g/mol. The predicted octanol–water partition coefficient (Wildman–Crippen LogP) is 2.98. The molecule has 0 aromatic carbocycles. The highest BCUT2D eigenvalue weighted by Gasteiger charge is 2.24. The lowest BCUT2D eigenvalue weighted by Crippen LogP contribution is -2.31. The first-order valence-electron chi connectivity index (χ1n) is 10.00. The Kier molecular flexibility index (Phi) is 5.36. The Morgan fingerprint density at radius 2 is 1.96 bits per heavy atom. The monoisotopic (exact) mass is 368 g/mol. The van der Waals surface area contributed by atoms with E-state index in [1.54, 1.807) is 13.1 Å². The minimum atomic E-state index is -0.117. The molecule has 3 heterocycles. The number of aliphatic hydroxyl groups excluding tert-OH is 1. The van der Waals surface area contributed by atoms with E-state index >= 15 is 0 Å². The number of hydrogen-bond acceptors (Lipinski definition) is 6. The Hall–Kier alpha value is -2.05. The van der Waals surface area contributed by atoms with Crippen molar-refractivity contribution in [3.05, 3.63) is 46.3 Å². The van der Waals surface area contributed by atoms with E-state index < -0.39 is 0 Å². The fourth-order valence-electron chi connectivity index (χ4n) is 4.30. The van der Waals surface area contributed by atoms with E-state index in [4.69, 9.17) is 4.98 Å². The van der Waals surface area contributed by atoms with Gasteiger partial charge in [0.15, 0.2) is 0 Å². The molecule has 2 N–H and O–H groups in total. The first kappa shape index (κ1) is 18.3. The zero-order valence-electron chi connectivity index (χ0n) is 16.0. The van der Waals surface area contributed by atoms with Gasteiger partial charge in [-0.2, -0.15) is 0 Å². The third kappa shape index (κ3) is 3.82. The summed E-state index contributed by atoms with van der Waals surface area (Å²) in [5.74, 6) is 1.76. The lowest BCUT2D eigenvalue weighted by Gasteiger charge is -2.29. The number of nitrogens with zero attached hydrogens (tertiary/aromatic N) is 4. The number of hydrogen-bond donors (Lipinski definition) is 2. The van der Waals surface area contributed by atoms with Crippen molar-refractivity contribution >= 4 is 0 Å². The Balaban J connectivity index is 1.50. The van der Waals surface area contributed by atoms with Crippen molar-refractivity contribution in [3.8, 4) is 5.75 Å². The summed E-state index contributed by atoms with van der Waals surface area (Å²) >= 11 is 0. The van der Waals surface area contributed by atoms with Gasteiger partial charge in [-0.3, -0.25) is 9.88 Å². The van der Waals surface area contributed by atoms with Crippen LogP contribution in [0.25, 0.3) is 0 Å².